The van der Waals surface area contributed by atoms with Crippen LogP contribution in [-0.2, 0) is 16.1 Å². The first-order valence-corrected chi connectivity index (χ1v) is 6.77. The van der Waals surface area contributed by atoms with Crippen molar-refractivity contribution in [3.8, 4) is 11.6 Å². The van der Waals surface area contributed by atoms with Gasteiger partial charge in [0.2, 0.25) is 5.88 Å². The molecular formula is C16H20N2O3. The van der Waals surface area contributed by atoms with Gasteiger partial charge in [-0.25, -0.2) is 4.68 Å². The van der Waals surface area contributed by atoms with Gasteiger partial charge >= 0.3 is 5.97 Å². The van der Waals surface area contributed by atoms with E-state index < -0.39 is 5.41 Å². The van der Waals surface area contributed by atoms with Crippen LogP contribution < -0.4 is 4.74 Å². The number of para-hydroxylation sites is 1. The molecule has 0 saturated carbocycles. The van der Waals surface area contributed by atoms with Gasteiger partial charge in [0.1, 0.15) is 0 Å². The minimum absolute atomic E-state index is 0.302. The molecule has 0 aliphatic carbocycles. The standard InChI is InChI=1S/C16H20N2O3/c1-16(2,3)15(19)21-14-10-12(11-20-4)17-18(14)13-8-6-5-7-9-13/h5-10H,11H2,1-4H3. The predicted molar refractivity (Wildman–Crippen MR) is 79.4 cm³/mol. The highest BCUT2D eigenvalue weighted by atomic mass is 16.5. The van der Waals surface area contributed by atoms with Gasteiger partial charge in [-0.3, -0.25) is 4.79 Å². The predicted octanol–water partition coefficient (Wildman–Crippen LogP) is 2.97. The maximum atomic E-state index is 12.1. The van der Waals surface area contributed by atoms with Crippen molar-refractivity contribution < 1.29 is 14.3 Å². The van der Waals surface area contributed by atoms with Crippen molar-refractivity contribution in [1.82, 2.24) is 9.78 Å². The fourth-order valence-corrected chi connectivity index (χ4v) is 1.70. The summed E-state index contributed by atoms with van der Waals surface area (Å²) in [6.45, 7) is 5.80. The van der Waals surface area contributed by atoms with Crippen molar-refractivity contribution in [3.63, 3.8) is 0 Å². The van der Waals surface area contributed by atoms with Crippen molar-refractivity contribution in [2.75, 3.05) is 7.11 Å². The van der Waals surface area contributed by atoms with E-state index in [9.17, 15) is 4.79 Å². The number of hydrogen-bond donors (Lipinski definition) is 0. The molecule has 1 heterocycles. The fourth-order valence-electron chi connectivity index (χ4n) is 1.70. The zero-order valence-corrected chi connectivity index (χ0v) is 12.8. The Morgan fingerprint density at radius 3 is 2.48 bits per heavy atom. The molecule has 5 nitrogen and oxygen atoms in total. The molecule has 0 aliphatic heterocycles. The van der Waals surface area contributed by atoms with E-state index in [1.807, 2.05) is 51.1 Å². The van der Waals surface area contributed by atoms with Crippen LogP contribution in [-0.4, -0.2) is 22.9 Å². The third kappa shape index (κ3) is 3.70. The Balaban J connectivity index is 2.37. The number of nitrogens with zero attached hydrogens (tertiary/aromatic N) is 2. The Bertz CT molecular complexity index is 612. The second-order valence-corrected chi connectivity index (χ2v) is 5.79. The molecule has 0 aliphatic rings. The Morgan fingerprint density at radius 1 is 1.24 bits per heavy atom. The molecule has 0 radical (unpaired) electrons. The number of carbonyl (C=O) groups excluding carboxylic acids is 1. The van der Waals surface area contributed by atoms with Crippen LogP contribution in [0.4, 0.5) is 0 Å². The van der Waals surface area contributed by atoms with Crippen LogP contribution in [0.2, 0.25) is 0 Å². The number of rotatable bonds is 4. The minimum Gasteiger partial charge on any atom is -0.407 e. The lowest BCUT2D eigenvalue weighted by Gasteiger charge is -2.16. The van der Waals surface area contributed by atoms with Gasteiger partial charge in [-0.05, 0) is 32.9 Å². The first-order chi connectivity index (χ1) is 9.91. The van der Waals surface area contributed by atoms with Gasteiger partial charge in [0, 0.05) is 13.2 Å². The first-order valence-electron chi connectivity index (χ1n) is 6.77. The number of esters is 1. The Kier molecular flexibility index (Phi) is 4.43. The quantitative estimate of drug-likeness (QED) is 0.812. The Morgan fingerprint density at radius 2 is 1.90 bits per heavy atom. The van der Waals surface area contributed by atoms with Gasteiger partial charge in [0.05, 0.1) is 23.4 Å². The normalized spacial score (nSPS) is 11.4. The van der Waals surface area contributed by atoms with Gasteiger partial charge in [-0.15, -0.1) is 0 Å². The zero-order chi connectivity index (χ0) is 15.5. The first kappa shape index (κ1) is 15.3. The second kappa shape index (κ2) is 6.10. The molecule has 0 saturated heterocycles. The van der Waals surface area contributed by atoms with Crippen molar-refractivity contribution >= 4 is 5.97 Å². The summed E-state index contributed by atoms with van der Waals surface area (Å²) in [5.74, 6) is 0.0942. The molecule has 2 rings (SSSR count). The summed E-state index contributed by atoms with van der Waals surface area (Å²) in [5.41, 5.74) is 0.961. The molecule has 0 amide bonds. The zero-order valence-electron chi connectivity index (χ0n) is 12.8. The van der Waals surface area contributed by atoms with Gasteiger partial charge in [0.15, 0.2) is 0 Å². The number of aromatic nitrogens is 2. The van der Waals surface area contributed by atoms with Crippen LogP contribution in [0.3, 0.4) is 0 Å². The maximum absolute atomic E-state index is 12.1. The van der Waals surface area contributed by atoms with Crippen molar-refractivity contribution in [2.24, 2.45) is 5.41 Å². The van der Waals surface area contributed by atoms with Crippen molar-refractivity contribution in [3.05, 3.63) is 42.1 Å². The number of ether oxygens (including phenoxy) is 2. The number of methoxy groups -OCH3 is 1. The van der Waals surface area contributed by atoms with Crippen LogP contribution in [0.15, 0.2) is 36.4 Å². The highest BCUT2D eigenvalue weighted by Crippen LogP contribution is 2.23. The molecule has 0 bridgehead atoms. The van der Waals surface area contributed by atoms with Gasteiger partial charge < -0.3 is 9.47 Å². The molecule has 2 aromatic rings. The largest absolute Gasteiger partial charge is 0.407 e. The van der Waals surface area contributed by atoms with E-state index in [-0.39, 0.29) is 5.97 Å². The average Bonchev–Trinajstić information content (AvgIpc) is 2.82. The van der Waals surface area contributed by atoms with E-state index in [1.54, 1.807) is 17.9 Å². The van der Waals surface area contributed by atoms with E-state index in [2.05, 4.69) is 5.10 Å². The molecule has 0 atom stereocenters. The van der Waals surface area contributed by atoms with Crippen LogP contribution in [0.5, 0.6) is 5.88 Å². The summed E-state index contributed by atoms with van der Waals surface area (Å²) in [6, 6.07) is 11.3. The Labute approximate surface area is 124 Å². The lowest BCUT2D eigenvalue weighted by Crippen LogP contribution is -2.26. The smallest absolute Gasteiger partial charge is 0.317 e. The third-order valence-electron chi connectivity index (χ3n) is 2.83. The SMILES string of the molecule is COCc1cc(OC(=O)C(C)(C)C)n(-c2ccccc2)n1. The highest BCUT2D eigenvalue weighted by Gasteiger charge is 2.25. The van der Waals surface area contributed by atoms with E-state index in [1.165, 1.54) is 0 Å². The summed E-state index contributed by atoms with van der Waals surface area (Å²) in [4.78, 5) is 12.1. The van der Waals surface area contributed by atoms with Gasteiger partial charge in [-0.2, -0.15) is 5.10 Å². The van der Waals surface area contributed by atoms with Gasteiger partial charge in [0.25, 0.3) is 0 Å². The maximum Gasteiger partial charge on any atom is 0.317 e. The molecular weight excluding hydrogens is 268 g/mol. The molecule has 1 aromatic heterocycles. The fraction of sp³-hybridized carbons (Fsp3) is 0.375. The number of hydrogen-bond acceptors (Lipinski definition) is 4. The Hall–Kier alpha value is -2.14. The third-order valence-corrected chi connectivity index (χ3v) is 2.83. The molecule has 0 N–H and O–H groups in total. The van der Waals surface area contributed by atoms with Crippen LogP contribution >= 0.6 is 0 Å². The highest BCUT2D eigenvalue weighted by molar-refractivity contribution is 5.77. The molecule has 1 aromatic carbocycles. The number of carbonyl (C=O) groups is 1. The van der Waals surface area contributed by atoms with Crippen LogP contribution in [0.25, 0.3) is 5.69 Å². The van der Waals surface area contributed by atoms with Crippen LogP contribution in [0, 0.1) is 5.41 Å². The molecule has 0 fully saturated rings. The minimum atomic E-state index is -0.576. The van der Waals surface area contributed by atoms with E-state index in [4.69, 9.17) is 9.47 Å². The molecule has 0 spiro atoms. The van der Waals surface area contributed by atoms with Crippen molar-refractivity contribution in [2.45, 2.75) is 27.4 Å². The molecule has 21 heavy (non-hydrogen) atoms. The molecule has 112 valence electrons. The molecule has 0 unspecified atom stereocenters. The van der Waals surface area contributed by atoms with Gasteiger partial charge in [-0.1, -0.05) is 18.2 Å². The second-order valence-electron chi connectivity index (χ2n) is 5.79. The lowest BCUT2D eigenvalue weighted by molar-refractivity contribution is -0.143. The topological polar surface area (TPSA) is 53.4 Å². The van der Waals surface area contributed by atoms with Crippen molar-refractivity contribution in [1.29, 1.82) is 0 Å². The summed E-state index contributed by atoms with van der Waals surface area (Å²) in [7, 11) is 1.60. The summed E-state index contributed by atoms with van der Waals surface area (Å²) < 4.78 is 12.2. The molecule has 5 heteroatoms. The lowest BCUT2D eigenvalue weighted by atomic mass is 9.97. The van der Waals surface area contributed by atoms with E-state index >= 15 is 0 Å². The average molecular weight is 288 g/mol. The monoisotopic (exact) mass is 288 g/mol. The summed E-state index contributed by atoms with van der Waals surface area (Å²) >= 11 is 0. The summed E-state index contributed by atoms with van der Waals surface area (Å²) in [6.07, 6.45) is 0. The van der Waals surface area contributed by atoms with Crippen LogP contribution in [0.1, 0.15) is 26.5 Å². The summed E-state index contributed by atoms with van der Waals surface area (Å²) in [5, 5.41) is 4.42. The van der Waals surface area contributed by atoms with E-state index in [0.29, 0.717) is 18.2 Å². The van der Waals surface area contributed by atoms with E-state index in [0.717, 1.165) is 5.69 Å². The number of benzene rings is 1.